The van der Waals surface area contributed by atoms with Crippen molar-refractivity contribution >= 4 is 23.2 Å². The van der Waals surface area contributed by atoms with E-state index in [0.717, 1.165) is 6.42 Å². The van der Waals surface area contributed by atoms with Gasteiger partial charge in [0.15, 0.2) is 0 Å². The fourth-order valence-corrected chi connectivity index (χ4v) is 2.02. The first kappa shape index (κ1) is 14.7. The van der Waals surface area contributed by atoms with Crippen molar-refractivity contribution in [1.82, 2.24) is 10.6 Å². The fourth-order valence-electron chi connectivity index (χ4n) is 1.38. The lowest BCUT2D eigenvalue weighted by atomic mass is 10.1. The van der Waals surface area contributed by atoms with Crippen LogP contribution in [0.3, 0.4) is 0 Å². The van der Waals surface area contributed by atoms with Gasteiger partial charge in [0.1, 0.15) is 0 Å². The largest absolute Gasteiger partial charge is 0.354 e. The third-order valence-electron chi connectivity index (χ3n) is 2.43. The van der Waals surface area contributed by atoms with Gasteiger partial charge < -0.3 is 10.6 Å². The van der Waals surface area contributed by atoms with Gasteiger partial charge in [-0.1, -0.05) is 19.9 Å². The van der Waals surface area contributed by atoms with Crippen molar-refractivity contribution in [3.8, 4) is 0 Å². The fraction of sp³-hybridized carbons (Fsp3) is 0.538. The summed E-state index contributed by atoms with van der Waals surface area (Å²) in [5.74, 6) is 0.504. The van der Waals surface area contributed by atoms with Gasteiger partial charge in [-0.05, 0) is 23.8 Å². The van der Waals surface area contributed by atoms with E-state index < -0.39 is 0 Å². The Morgan fingerprint density at radius 2 is 2.00 bits per heavy atom. The van der Waals surface area contributed by atoms with E-state index in [9.17, 15) is 9.59 Å². The highest BCUT2D eigenvalue weighted by molar-refractivity contribution is 7.12. The molecule has 0 unspecified atom stereocenters. The summed E-state index contributed by atoms with van der Waals surface area (Å²) in [5, 5.41) is 7.41. The molecule has 4 nitrogen and oxygen atoms in total. The average molecular weight is 268 g/mol. The minimum absolute atomic E-state index is 0.0501. The Labute approximate surface area is 112 Å². The maximum absolute atomic E-state index is 11.6. The second-order valence-corrected chi connectivity index (χ2v) is 5.46. The topological polar surface area (TPSA) is 58.2 Å². The van der Waals surface area contributed by atoms with E-state index in [4.69, 9.17) is 0 Å². The Morgan fingerprint density at radius 1 is 1.28 bits per heavy atom. The van der Waals surface area contributed by atoms with E-state index in [0.29, 0.717) is 30.3 Å². The second kappa shape index (κ2) is 7.87. The van der Waals surface area contributed by atoms with Crippen LogP contribution in [0.2, 0.25) is 0 Å². The van der Waals surface area contributed by atoms with Gasteiger partial charge in [-0.2, -0.15) is 0 Å². The van der Waals surface area contributed by atoms with Gasteiger partial charge in [0.25, 0.3) is 5.91 Å². The van der Waals surface area contributed by atoms with Crippen LogP contribution in [-0.2, 0) is 4.79 Å². The normalized spacial score (nSPS) is 10.4. The predicted octanol–water partition coefficient (Wildman–Crippen LogP) is 2.03. The van der Waals surface area contributed by atoms with Crippen LogP contribution in [0.25, 0.3) is 0 Å². The van der Waals surface area contributed by atoms with Crippen LogP contribution in [0, 0.1) is 5.92 Å². The summed E-state index contributed by atoms with van der Waals surface area (Å²) in [6, 6.07) is 3.62. The zero-order valence-corrected chi connectivity index (χ0v) is 11.7. The standard InChI is InChI=1S/C13H20N2O2S/c1-10(2)5-6-12(16)14-7-8-15-13(17)11-4-3-9-18-11/h3-4,9-10H,5-8H2,1-2H3,(H,14,16)(H,15,17). The second-order valence-electron chi connectivity index (χ2n) is 4.52. The van der Waals surface area contributed by atoms with Crippen LogP contribution in [-0.4, -0.2) is 24.9 Å². The smallest absolute Gasteiger partial charge is 0.261 e. The van der Waals surface area contributed by atoms with E-state index in [1.165, 1.54) is 11.3 Å². The number of thiophene rings is 1. The molecule has 0 bridgehead atoms. The highest BCUT2D eigenvalue weighted by Gasteiger charge is 2.06. The maximum Gasteiger partial charge on any atom is 0.261 e. The first-order valence-electron chi connectivity index (χ1n) is 6.18. The molecule has 1 heterocycles. The first-order valence-corrected chi connectivity index (χ1v) is 7.06. The third kappa shape index (κ3) is 5.82. The zero-order valence-electron chi connectivity index (χ0n) is 10.9. The number of carbonyl (C=O) groups is 2. The number of nitrogens with one attached hydrogen (secondary N) is 2. The molecule has 0 aliphatic rings. The van der Waals surface area contributed by atoms with Gasteiger partial charge >= 0.3 is 0 Å². The number of amides is 2. The summed E-state index contributed by atoms with van der Waals surface area (Å²) in [4.78, 5) is 23.6. The van der Waals surface area contributed by atoms with Crippen LogP contribution in [0.5, 0.6) is 0 Å². The predicted molar refractivity (Wildman–Crippen MR) is 73.7 cm³/mol. The summed E-state index contributed by atoms with van der Waals surface area (Å²) < 4.78 is 0. The van der Waals surface area contributed by atoms with E-state index in [1.807, 2.05) is 11.4 Å². The van der Waals surface area contributed by atoms with Crippen molar-refractivity contribution in [2.24, 2.45) is 5.92 Å². The maximum atomic E-state index is 11.6. The molecule has 18 heavy (non-hydrogen) atoms. The molecule has 5 heteroatoms. The number of hydrogen-bond acceptors (Lipinski definition) is 3. The number of hydrogen-bond donors (Lipinski definition) is 2. The molecule has 2 amide bonds. The van der Waals surface area contributed by atoms with E-state index in [2.05, 4.69) is 24.5 Å². The summed E-state index contributed by atoms with van der Waals surface area (Å²) in [7, 11) is 0. The molecule has 0 aromatic carbocycles. The molecule has 1 aromatic heterocycles. The average Bonchev–Trinajstić information content (AvgIpc) is 2.85. The van der Waals surface area contributed by atoms with Gasteiger partial charge in [0.05, 0.1) is 4.88 Å². The molecule has 0 atom stereocenters. The summed E-state index contributed by atoms with van der Waals surface area (Å²) in [6.07, 6.45) is 1.45. The zero-order chi connectivity index (χ0) is 13.4. The van der Waals surface area contributed by atoms with Crippen molar-refractivity contribution in [1.29, 1.82) is 0 Å². The summed E-state index contributed by atoms with van der Waals surface area (Å²) in [6.45, 7) is 5.13. The number of carbonyl (C=O) groups excluding carboxylic acids is 2. The summed E-state index contributed by atoms with van der Waals surface area (Å²) >= 11 is 1.41. The minimum Gasteiger partial charge on any atom is -0.354 e. The molecule has 0 radical (unpaired) electrons. The van der Waals surface area contributed by atoms with Crippen molar-refractivity contribution in [3.05, 3.63) is 22.4 Å². The first-order chi connectivity index (χ1) is 8.59. The van der Waals surface area contributed by atoms with Crippen LogP contribution in [0.15, 0.2) is 17.5 Å². The van der Waals surface area contributed by atoms with Crippen LogP contribution < -0.4 is 10.6 Å². The Morgan fingerprint density at radius 3 is 2.61 bits per heavy atom. The van der Waals surface area contributed by atoms with Crippen LogP contribution >= 0.6 is 11.3 Å². The van der Waals surface area contributed by atoms with Gasteiger partial charge in [-0.15, -0.1) is 11.3 Å². The van der Waals surface area contributed by atoms with Crippen LogP contribution in [0.4, 0.5) is 0 Å². The lowest BCUT2D eigenvalue weighted by Gasteiger charge is -2.07. The molecule has 2 N–H and O–H groups in total. The third-order valence-corrected chi connectivity index (χ3v) is 3.30. The molecule has 1 rings (SSSR count). The van der Waals surface area contributed by atoms with E-state index in [-0.39, 0.29) is 11.8 Å². The van der Waals surface area contributed by atoms with Gasteiger partial charge in [0, 0.05) is 19.5 Å². The minimum atomic E-state index is -0.0820. The van der Waals surface area contributed by atoms with Gasteiger partial charge in [0.2, 0.25) is 5.91 Å². The Balaban J connectivity index is 2.08. The van der Waals surface area contributed by atoms with Crippen molar-refractivity contribution in [2.45, 2.75) is 26.7 Å². The molecule has 0 fully saturated rings. The monoisotopic (exact) mass is 268 g/mol. The molecule has 0 saturated carbocycles. The van der Waals surface area contributed by atoms with Crippen molar-refractivity contribution < 1.29 is 9.59 Å². The Hall–Kier alpha value is -1.36. The molecule has 100 valence electrons. The number of rotatable bonds is 7. The molecule has 0 saturated heterocycles. The highest BCUT2D eigenvalue weighted by atomic mass is 32.1. The SMILES string of the molecule is CC(C)CCC(=O)NCCNC(=O)c1cccs1. The molecule has 0 aliphatic carbocycles. The molecular weight excluding hydrogens is 248 g/mol. The van der Waals surface area contributed by atoms with E-state index in [1.54, 1.807) is 6.07 Å². The van der Waals surface area contributed by atoms with Gasteiger partial charge in [-0.25, -0.2) is 0 Å². The highest BCUT2D eigenvalue weighted by Crippen LogP contribution is 2.07. The lowest BCUT2D eigenvalue weighted by molar-refractivity contribution is -0.121. The van der Waals surface area contributed by atoms with E-state index >= 15 is 0 Å². The van der Waals surface area contributed by atoms with Crippen molar-refractivity contribution in [2.75, 3.05) is 13.1 Å². The quantitative estimate of drug-likeness (QED) is 0.743. The molecular formula is C13H20N2O2S. The van der Waals surface area contributed by atoms with Crippen LogP contribution in [0.1, 0.15) is 36.4 Å². The molecule has 1 aromatic rings. The molecule has 0 aliphatic heterocycles. The van der Waals surface area contributed by atoms with Crippen molar-refractivity contribution in [3.63, 3.8) is 0 Å². The Kier molecular flexibility index (Phi) is 6.43. The lowest BCUT2D eigenvalue weighted by Crippen LogP contribution is -2.34. The van der Waals surface area contributed by atoms with Gasteiger partial charge in [-0.3, -0.25) is 9.59 Å². The Bertz CT molecular complexity index is 374. The molecule has 0 spiro atoms. The summed E-state index contributed by atoms with van der Waals surface area (Å²) in [5.41, 5.74) is 0.